The highest BCUT2D eigenvalue weighted by molar-refractivity contribution is 5.78. The molecule has 4 unspecified atom stereocenters. The summed E-state index contributed by atoms with van der Waals surface area (Å²) in [6.07, 6.45) is 11.8. The van der Waals surface area contributed by atoms with Crippen LogP contribution < -0.4 is 0 Å². The largest absolute Gasteiger partial charge is 0.462 e. The zero-order valence-electron chi connectivity index (χ0n) is 25.0. The van der Waals surface area contributed by atoms with E-state index in [-0.39, 0.29) is 24.7 Å². The molecule has 7 nitrogen and oxygen atoms in total. The van der Waals surface area contributed by atoms with Crippen LogP contribution >= 0.6 is 0 Å². The van der Waals surface area contributed by atoms with Gasteiger partial charge < -0.3 is 29.2 Å². The standard InChI is InChI=1S/C33H48O7/c1-19(2)29-22(5)12-13-32(40-29)17-26-16-25(39-32)11-10-21(4)14-20(3)8-7-9-24-18-37-30-28(34)23(6)15-27(31(35)38-26)33(24,30)36/h7-10,15,19-20,22,25-30,34,36H,11-14,16-18H2,1-6H3/b8-7+,21-10+,24-9+/t20-,22-,25+,26-,27?,28?,29-,30?,32-,33?/m1/s1. The van der Waals surface area contributed by atoms with Crippen molar-refractivity contribution in [2.45, 2.75) is 122 Å². The minimum atomic E-state index is -1.68. The highest BCUT2D eigenvalue weighted by atomic mass is 16.7. The zero-order chi connectivity index (χ0) is 28.8. The smallest absolute Gasteiger partial charge is 0.316 e. The molecule has 4 aliphatic heterocycles. The maximum absolute atomic E-state index is 13.9. The van der Waals surface area contributed by atoms with Crippen LogP contribution in [-0.4, -0.2) is 64.7 Å². The molecule has 7 heteroatoms. The summed E-state index contributed by atoms with van der Waals surface area (Å²) in [6, 6.07) is 0. The molecule has 0 aromatic heterocycles. The maximum atomic E-state index is 13.9. The third kappa shape index (κ3) is 5.65. The van der Waals surface area contributed by atoms with Gasteiger partial charge in [0.1, 0.15) is 29.8 Å². The summed E-state index contributed by atoms with van der Waals surface area (Å²) in [6.45, 7) is 12.8. The van der Waals surface area contributed by atoms with E-state index < -0.39 is 41.6 Å². The van der Waals surface area contributed by atoms with Crippen molar-refractivity contribution in [1.82, 2.24) is 0 Å². The fourth-order valence-corrected chi connectivity index (χ4v) is 7.48. The average Bonchev–Trinajstić information content (AvgIpc) is 3.23. The highest BCUT2D eigenvalue weighted by Crippen LogP contribution is 2.47. The van der Waals surface area contributed by atoms with Gasteiger partial charge in [0.15, 0.2) is 5.79 Å². The lowest BCUT2D eigenvalue weighted by atomic mass is 9.71. The Morgan fingerprint density at radius 3 is 2.65 bits per heavy atom. The Morgan fingerprint density at radius 1 is 1.12 bits per heavy atom. The van der Waals surface area contributed by atoms with Gasteiger partial charge in [-0.25, -0.2) is 0 Å². The number of ether oxygens (including phenoxy) is 4. The molecule has 5 aliphatic rings. The van der Waals surface area contributed by atoms with Crippen molar-refractivity contribution in [1.29, 1.82) is 0 Å². The lowest BCUT2D eigenvalue weighted by Gasteiger charge is -2.50. The van der Waals surface area contributed by atoms with E-state index >= 15 is 0 Å². The molecule has 5 rings (SSSR count). The summed E-state index contributed by atoms with van der Waals surface area (Å²) in [4.78, 5) is 13.9. The van der Waals surface area contributed by atoms with Crippen LogP contribution in [0.4, 0.5) is 0 Å². The van der Waals surface area contributed by atoms with Gasteiger partial charge in [-0.05, 0) is 62.0 Å². The molecule has 0 amide bonds. The van der Waals surface area contributed by atoms with E-state index in [0.717, 1.165) is 25.7 Å². The molecule has 40 heavy (non-hydrogen) atoms. The van der Waals surface area contributed by atoms with Gasteiger partial charge in [-0.15, -0.1) is 0 Å². The van der Waals surface area contributed by atoms with Crippen molar-refractivity contribution in [3.8, 4) is 0 Å². The van der Waals surface area contributed by atoms with Crippen LogP contribution in [0.15, 0.2) is 47.1 Å². The molecule has 222 valence electrons. The molecule has 1 spiro atoms. The number of fused-ring (bicyclic) bond motifs is 2. The Bertz CT molecular complexity index is 1090. The summed E-state index contributed by atoms with van der Waals surface area (Å²) in [7, 11) is 0. The van der Waals surface area contributed by atoms with Crippen molar-refractivity contribution in [3.63, 3.8) is 0 Å². The van der Waals surface area contributed by atoms with Gasteiger partial charge in [0.2, 0.25) is 0 Å². The molecule has 3 fully saturated rings. The monoisotopic (exact) mass is 556 g/mol. The van der Waals surface area contributed by atoms with Crippen LogP contribution in [0.2, 0.25) is 0 Å². The average molecular weight is 557 g/mol. The van der Waals surface area contributed by atoms with Crippen LogP contribution in [0.1, 0.15) is 80.1 Å². The van der Waals surface area contributed by atoms with Crippen LogP contribution in [-0.2, 0) is 23.7 Å². The predicted octanol–water partition coefficient (Wildman–Crippen LogP) is 5.17. The van der Waals surface area contributed by atoms with Crippen molar-refractivity contribution in [2.24, 2.45) is 23.7 Å². The number of hydrogen-bond donors (Lipinski definition) is 2. The number of esters is 1. The van der Waals surface area contributed by atoms with Gasteiger partial charge in [0.05, 0.1) is 18.8 Å². The highest BCUT2D eigenvalue weighted by Gasteiger charge is 2.60. The number of rotatable bonds is 1. The second-order valence-electron chi connectivity index (χ2n) is 13.4. The number of hydrogen-bond acceptors (Lipinski definition) is 7. The summed E-state index contributed by atoms with van der Waals surface area (Å²) < 4.78 is 25.6. The Balaban J connectivity index is 1.51. The fraction of sp³-hybridized carbons (Fsp3) is 0.727. The molecule has 0 aromatic carbocycles. The molecule has 0 aromatic rings. The molecule has 3 saturated heterocycles. The van der Waals surface area contributed by atoms with Crippen molar-refractivity contribution in [2.75, 3.05) is 6.61 Å². The third-order valence-electron chi connectivity index (χ3n) is 9.67. The first-order chi connectivity index (χ1) is 18.9. The van der Waals surface area contributed by atoms with E-state index in [2.05, 4.69) is 46.8 Å². The number of aliphatic hydroxyl groups is 2. The van der Waals surface area contributed by atoms with E-state index in [9.17, 15) is 15.0 Å². The van der Waals surface area contributed by atoms with Crippen molar-refractivity contribution < 1.29 is 34.0 Å². The number of aliphatic hydroxyl groups excluding tert-OH is 1. The van der Waals surface area contributed by atoms with E-state index in [4.69, 9.17) is 18.9 Å². The molecule has 0 radical (unpaired) electrons. The van der Waals surface area contributed by atoms with Crippen LogP contribution in [0.3, 0.4) is 0 Å². The van der Waals surface area contributed by atoms with Crippen LogP contribution in [0.25, 0.3) is 0 Å². The van der Waals surface area contributed by atoms with Gasteiger partial charge in [0.25, 0.3) is 0 Å². The molecule has 10 atom stereocenters. The second kappa shape index (κ2) is 11.5. The van der Waals surface area contributed by atoms with E-state index in [0.29, 0.717) is 35.8 Å². The molecular weight excluding hydrogens is 508 g/mol. The molecule has 2 bridgehead atoms. The molecule has 2 N–H and O–H groups in total. The lowest BCUT2D eigenvalue weighted by Crippen LogP contribution is -2.58. The summed E-state index contributed by atoms with van der Waals surface area (Å²) in [5.74, 6) is -1.22. The van der Waals surface area contributed by atoms with E-state index in [1.807, 2.05) is 12.2 Å². The van der Waals surface area contributed by atoms with Crippen LogP contribution in [0.5, 0.6) is 0 Å². The Kier molecular flexibility index (Phi) is 8.53. The number of carbonyl (C=O) groups is 1. The Hall–Kier alpha value is -1.77. The normalized spacial score (nSPS) is 47.9. The lowest BCUT2D eigenvalue weighted by molar-refractivity contribution is -0.340. The SMILES string of the molecule is CC1=CC2C(=O)O[C@@H]3C[C@H](C/C=C(\C)C[C@H](C)/C=C/C=C4\COC(C1O)C42O)O[C@@]1(CC[C@@H](C)[C@@H](C(C)C)O1)C3. The van der Waals surface area contributed by atoms with Crippen LogP contribution in [0, 0.1) is 23.7 Å². The molecule has 4 heterocycles. The second-order valence-corrected chi connectivity index (χ2v) is 13.4. The number of carbonyl (C=O) groups excluding carboxylic acids is 1. The first kappa shape index (κ1) is 29.7. The predicted molar refractivity (Wildman–Crippen MR) is 152 cm³/mol. The Labute approximate surface area is 239 Å². The van der Waals surface area contributed by atoms with Gasteiger partial charge in [-0.1, -0.05) is 63.6 Å². The van der Waals surface area contributed by atoms with Gasteiger partial charge in [-0.2, -0.15) is 0 Å². The Morgan fingerprint density at radius 2 is 1.90 bits per heavy atom. The zero-order valence-corrected chi connectivity index (χ0v) is 25.0. The van der Waals surface area contributed by atoms with Crippen molar-refractivity contribution in [3.05, 3.63) is 47.1 Å². The van der Waals surface area contributed by atoms with Gasteiger partial charge >= 0.3 is 5.97 Å². The fourth-order valence-electron chi connectivity index (χ4n) is 7.48. The van der Waals surface area contributed by atoms with E-state index in [1.54, 1.807) is 13.0 Å². The maximum Gasteiger partial charge on any atom is 0.316 e. The summed E-state index contributed by atoms with van der Waals surface area (Å²) in [5, 5.41) is 22.9. The minimum absolute atomic E-state index is 0.0712. The van der Waals surface area contributed by atoms with Gasteiger partial charge in [-0.3, -0.25) is 4.79 Å². The van der Waals surface area contributed by atoms with Gasteiger partial charge in [0, 0.05) is 19.3 Å². The molecule has 0 saturated carbocycles. The molecular formula is C33H48O7. The minimum Gasteiger partial charge on any atom is -0.462 e. The number of allylic oxidation sites excluding steroid dienone is 4. The van der Waals surface area contributed by atoms with Crippen molar-refractivity contribution >= 4 is 5.97 Å². The quantitative estimate of drug-likeness (QED) is 0.340. The first-order valence-electron chi connectivity index (χ1n) is 15.2. The molecule has 1 aliphatic carbocycles. The summed E-state index contributed by atoms with van der Waals surface area (Å²) >= 11 is 0. The topological polar surface area (TPSA) is 94.5 Å². The van der Waals surface area contributed by atoms with E-state index in [1.165, 1.54) is 5.57 Å². The third-order valence-corrected chi connectivity index (χ3v) is 9.67. The first-order valence-corrected chi connectivity index (χ1v) is 15.2. The summed E-state index contributed by atoms with van der Waals surface area (Å²) in [5.41, 5.74) is 0.780.